The largest absolute Gasteiger partial charge is 0.494 e. The Morgan fingerprint density at radius 2 is 1.82 bits per heavy atom. The number of aromatic carboxylic acids is 1. The zero-order valence-corrected chi connectivity index (χ0v) is 23.0. The van der Waals surface area contributed by atoms with Gasteiger partial charge in [0, 0.05) is 29.1 Å². The van der Waals surface area contributed by atoms with Gasteiger partial charge in [0.1, 0.15) is 0 Å². The number of nitrogens with zero attached hydrogens (tertiary/aromatic N) is 3. The van der Waals surface area contributed by atoms with Crippen molar-refractivity contribution in [1.82, 2.24) is 14.8 Å². The van der Waals surface area contributed by atoms with Crippen molar-refractivity contribution in [2.45, 2.75) is 18.2 Å². The summed E-state index contributed by atoms with van der Waals surface area (Å²) in [4.78, 5) is 15.5. The van der Waals surface area contributed by atoms with Crippen LogP contribution in [0.2, 0.25) is 0 Å². The number of carbonyl (C=O) groups is 1. The predicted molar refractivity (Wildman–Crippen MR) is 149 cm³/mol. The summed E-state index contributed by atoms with van der Waals surface area (Å²) in [6, 6.07) is 16.7. The number of primary sulfonamides is 1. The third-order valence-corrected chi connectivity index (χ3v) is 8.08. The van der Waals surface area contributed by atoms with Crippen LogP contribution in [0.15, 0.2) is 77.1 Å². The third kappa shape index (κ3) is 5.50. The molecule has 2 aromatic heterocycles. The highest BCUT2D eigenvalue weighted by molar-refractivity contribution is 7.89. The van der Waals surface area contributed by atoms with Crippen LogP contribution < -0.4 is 9.88 Å². The summed E-state index contributed by atoms with van der Waals surface area (Å²) in [6.07, 6.45) is 2.15. The number of carboxylic acids is 1. The van der Waals surface area contributed by atoms with Crippen LogP contribution in [-0.4, -0.2) is 41.4 Å². The molecule has 40 heavy (non-hydrogen) atoms. The number of aromatic nitrogens is 3. The Labute approximate surface area is 233 Å². The monoisotopic (exact) mass is 578 g/mol. The maximum atomic E-state index is 14.5. The van der Waals surface area contributed by atoms with E-state index in [9.17, 15) is 22.7 Å². The Morgan fingerprint density at radius 3 is 2.45 bits per heavy atom. The quantitative estimate of drug-likeness (QED) is 0.263. The standard InChI is InChI=1S/C28H23FN4O5S2/c1-16-3-6-19(12-22(16)18-7-10-25(38-2)23(29)13-18)26-20(11-17-4-8-21(9-5-17)40(30,36)37)14-33(32-26)28-31-24(15-39-28)27(34)35/h3-10,12-15H,11H2,1-2H3,(H,34,35)(H2,30,36,37). The second-order valence-corrected chi connectivity index (χ2v) is 11.4. The Balaban J connectivity index is 1.60. The molecule has 0 spiro atoms. The highest BCUT2D eigenvalue weighted by atomic mass is 32.2. The molecule has 204 valence electrons. The number of hydrogen-bond donors (Lipinski definition) is 2. The molecule has 9 nitrogen and oxygen atoms in total. The number of thiazole rings is 1. The maximum absolute atomic E-state index is 14.5. The first-order valence-electron chi connectivity index (χ1n) is 11.9. The number of methoxy groups -OCH3 is 1. The number of nitrogens with two attached hydrogens (primary N) is 1. The predicted octanol–water partition coefficient (Wildman–Crippen LogP) is 5.06. The summed E-state index contributed by atoms with van der Waals surface area (Å²) < 4.78 is 44.4. The minimum absolute atomic E-state index is 0.00561. The molecule has 0 atom stereocenters. The van der Waals surface area contributed by atoms with Crippen LogP contribution >= 0.6 is 11.3 Å². The topological polar surface area (TPSA) is 137 Å². The fraction of sp³-hybridized carbons (Fsp3) is 0.107. The van der Waals surface area contributed by atoms with E-state index in [-0.39, 0.29) is 16.3 Å². The molecule has 0 saturated carbocycles. The smallest absolute Gasteiger partial charge is 0.355 e. The molecule has 0 unspecified atom stereocenters. The van der Waals surface area contributed by atoms with Crippen LogP contribution in [0, 0.1) is 12.7 Å². The van der Waals surface area contributed by atoms with E-state index in [1.165, 1.54) is 35.4 Å². The summed E-state index contributed by atoms with van der Waals surface area (Å²) in [5, 5.41) is 21.1. The molecular formula is C28H23FN4O5S2. The number of aryl methyl sites for hydroxylation is 1. The zero-order chi connectivity index (χ0) is 28.6. The lowest BCUT2D eigenvalue weighted by Gasteiger charge is -2.11. The molecule has 2 heterocycles. The molecule has 0 saturated heterocycles. The van der Waals surface area contributed by atoms with Crippen LogP contribution in [-0.2, 0) is 16.4 Å². The average Bonchev–Trinajstić information content (AvgIpc) is 3.57. The highest BCUT2D eigenvalue weighted by Crippen LogP contribution is 2.34. The molecular weight excluding hydrogens is 555 g/mol. The first kappa shape index (κ1) is 27.2. The van der Waals surface area contributed by atoms with E-state index in [1.54, 1.807) is 30.5 Å². The average molecular weight is 579 g/mol. The van der Waals surface area contributed by atoms with Gasteiger partial charge in [-0.3, -0.25) is 0 Å². The molecule has 0 aliphatic rings. The van der Waals surface area contributed by atoms with Gasteiger partial charge in [-0.25, -0.2) is 32.4 Å². The lowest BCUT2D eigenvalue weighted by atomic mass is 9.95. The van der Waals surface area contributed by atoms with Crippen LogP contribution in [0.25, 0.3) is 27.5 Å². The molecule has 0 fully saturated rings. The fourth-order valence-corrected chi connectivity index (χ4v) is 5.52. The molecule has 0 bridgehead atoms. The minimum Gasteiger partial charge on any atom is -0.494 e. The van der Waals surface area contributed by atoms with Gasteiger partial charge in [-0.15, -0.1) is 11.3 Å². The van der Waals surface area contributed by atoms with Gasteiger partial charge in [-0.05, 0) is 59.5 Å². The molecule has 3 N–H and O–H groups in total. The van der Waals surface area contributed by atoms with Gasteiger partial charge in [0.25, 0.3) is 0 Å². The molecule has 0 amide bonds. The molecule has 0 aliphatic carbocycles. The van der Waals surface area contributed by atoms with Gasteiger partial charge >= 0.3 is 5.97 Å². The highest BCUT2D eigenvalue weighted by Gasteiger charge is 2.18. The SMILES string of the molecule is COc1ccc(-c2cc(-c3nn(-c4nc(C(=O)O)cs4)cc3Cc3ccc(S(N)(=O)=O)cc3)ccc2C)cc1F. The van der Waals surface area contributed by atoms with E-state index in [0.29, 0.717) is 22.8 Å². The van der Waals surface area contributed by atoms with Crippen LogP contribution in [0.1, 0.15) is 27.2 Å². The van der Waals surface area contributed by atoms with E-state index in [0.717, 1.165) is 39.2 Å². The van der Waals surface area contributed by atoms with Crippen LogP contribution in [0.4, 0.5) is 4.39 Å². The lowest BCUT2D eigenvalue weighted by Crippen LogP contribution is -2.11. The van der Waals surface area contributed by atoms with Crippen molar-refractivity contribution in [2.24, 2.45) is 5.14 Å². The van der Waals surface area contributed by atoms with Crippen LogP contribution in [0.5, 0.6) is 5.75 Å². The number of ether oxygens (including phenoxy) is 1. The maximum Gasteiger partial charge on any atom is 0.355 e. The number of carboxylic acid groups (broad SMARTS) is 1. The molecule has 5 rings (SSSR count). The fourth-order valence-electron chi connectivity index (χ4n) is 4.28. The van der Waals surface area contributed by atoms with Crippen molar-refractivity contribution < 1.29 is 27.4 Å². The minimum atomic E-state index is -3.83. The van der Waals surface area contributed by atoms with Crippen molar-refractivity contribution >= 4 is 27.3 Å². The Kier molecular flexibility index (Phi) is 7.23. The van der Waals surface area contributed by atoms with Crippen molar-refractivity contribution in [3.05, 3.63) is 100 Å². The molecule has 0 radical (unpaired) electrons. The van der Waals surface area contributed by atoms with E-state index in [4.69, 9.17) is 15.0 Å². The number of halogens is 1. The summed E-state index contributed by atoms with van der Waals surface area (Å²) in [5.74, 6) is -1.47. The van der Waals surface area contributed by atoms with E-state index >= 15 is 0 Å². The number of rotatable bonds is 8. The van der Waals surface area contributed by atoms with Gasteiger partial charge in [0.2, 0.25) is 15.2 Å². The summed E-state index contributed by atoms with van der Waals surface area (Å²) >= 11 is 1.14. The summed E-state index contributed by atoms with van der Waals surface area (Å²) in [7, 11) is -2.42. The number of sulfonamides is 1. The molecule has 5 aromatic rings. The lowest BCUT2D eigenvalue weighted by molar-refractivity contribution is 0.0691. The van der Waals surface area contributed by atoms with E-state index < -0.39 is 21.8 Å². The first-order valence-corrected chi connectivity index (χ1v) is 14.3. The molecule has 3 aromatic carbocycles. The Morgan fingerprint density at radius 1 is 1.10 bits per heavy atom. The van der Waals surface area contributed by atoms with Crippen molar-refractivity contribution in [1.29, 1.82) is 0 Å². The van der Waals surface area contributed by atoms with Gasteiger partial charge < -0.3 is 9.84 Å². The third-order valence-electron chi connectivity index (χ3n) is 6.32. The van der Waals surface area contributed by atoms with Gasteiger partial charge in [-0.1, -0.05) is 30.3 Å². The summed E-state index contributed by atoms with van der Waals surface area (Å²) in [5.41, 5.74) is 5.27. The second-order valence-electron chi connectivity index (χ2n) is 9.01. The summed E-state index contributed by atoms with van der Waals surface area (Å²) in [6.45, 7) is 1.93. The number of benzene rings is 3. The Bertz CT molecular complexity index is 1850. The second kappa shape index (κ2) is 10.6. The molecule has 12 heteroatoms. The first-order chi connectivity index (χ1) is 19.0. The van der Waals surface area contributed by atoms with Gasteiger partial charge in [-0.2, -0.15) is 5.10 Å². The van der Waals surface area contributed by atoms with Crippen molar-refractivity contribution in [3.8, 4) is 33.3 Å². The van der Waals surface area contributed by atoms with E-state index in [1.807, 2.05) is 25.1 Å². The zero-order valence-electron chi connectivity index (χ0n) is 21.3. The van der Waals surface area contributed by atoms with Crippen LogP contribution in [0.3, 0.4) is 0 Å². The number of hydrogen-bond acceptors (Lipinski definition) is 7. The molecule has 0 aliphatic heterocycles. The van der Waals surface area contributed by atoms with Gasteiger partial charge in [0.05, 0.1) is 17.7 Å². The Hall–Kier alpha value is -4.39. The van der Waals surface area contributed by atoms with E-state index in [2.05, 4.69) is 4.98 Å². The normalized spacial score (nSPS) is 11.5. The van der Waals surface area contributed by atoms with Crippen molar-refractivity contribution in [3.63, 3.8) is 0 Å². The van der Waals surface area contributed by atoms with Crippen molar-refractivity contribution in [2.75, 3.05) is 7.11 Å². The van der Waals surface area contributed by atoms with Gasteiger partial charge in [0.15, 0.2) is 17.3 Å².